The summed E-state index contributed by atoms with van der Waals surface area (Å²) in [5, 5.41) is 7.54. The zero-order chi connectivity index (χ0) is 14.2. The Hall–Kier alpha value is -1.17. The summed E-state index contributed by atoms with van der Waals surface area (Å²) in [6.07, 6.45) is 1.69. The lowest BCUT2D eigenvalue weighted by atomic mass is 10.3. The number of thioether (sulfide) groups is 1. The smallest absolute Gasteiger partial charge is 0.170 e. The van der Waals surface area contributed by atoms with Gasteiger partial charge in [0.05, 0.1) is 12.0 Å². The molecular weight excluding hydrogens is 312 g/mol. The molecule has 6 heteroatoms. The molecule has 0 radical (unpaired) electrons. The summed E-state index contributed by atoms with van der Waals surface area (Å²) in [5.41, 5.74) is 0.887. The minimum Gasteiger partial charge on any atom is -0.468 e. The highest BCUT2D eigenvalue weighted by Crippen LogP contribution is 2.14. The predicted molar refractivity (Wildman–Crippen MR) is 90.5 cm³/mol. The van der Waals surface area contributed by atoms with Crippen LogP contribution in [-0.2, 0) is 5.75 Å². The first-order valence-corrected chi connectivity index (χ1v) is 8.09. The molecule has 0 bridgehead atoms. The number of benzene rings is 1. The normalized spacial score (nSPS) is 10.2. The topological polar surface area (TPSA) is 37.2 Å². The highest BCUT2D eigenvalue weighted by molar-refractivity contribution is 7.98. The first-order valence-electron chi connectivity index (χ1n) is 6.14. The zero-order valence-electron chi connectivity index (χ0n) is 10.8. The second kappa shape index (κ2) is 8.19. The van der Waals surface area contributed by atoms with Crippen LogP contribution in [-0.4, -0.2) is 17.4 Å². The molecule has 1 heterocycles. The van der Waals surface area contributed by atoms with E-state index in [1.165, 1.54) is 0 Å². The number of rotatable bonds is 6. The SMILES string of the molecule is S=C(NCCSCc1ccco1)Nc1cccc(Cl)c1. The standard InChI is InChI=1S/C14H15ClN2OS2/c15-11-3-1-4-12(9-11)17-14(19)16-6-8-20-10-13-5-2-7-18-13/h1-5,7,9H,6,8,10H2,(H2,16,17,19). The molecule has 0 fully saturated rings. The second-order valence-corrected chi connectivity index (χ2v) is 5.97. The summed E-state index contributed by atoms with van der Waals surface area (Å²) >= 11 is 12.9. The minimum atomic E-state index is 0.603. The molecule has 0 saturated carbocycles. The fourth-order valence-corrected chi connectivity index (χ4v) is 2.71. The lowest BCUT2D eigenvalue weighted by Gasteiger charge is -2.10. The van der Waals surface area contributed by atoms with Crippen molar-refractivity contribution in [2.75, 3.05) is 17.6 Å². The van der Waals surface area contributed by atoms with Gasteiger partial charge in [0.2, 0.25) is 0 Å². The molecule has 0 atom stereocenters. The number of hydrogen-bond donors (Lipinski definition) is 2. The fraction of sp³-hybridized carbons (Fsp3) is 0.214. The molecule has 0 spiro atoms. The summed E-state index contributed by atoms with van der Waals surface area (Å²) in [6.45, 7) is 0.803. The van der Waals surface area contributed by atoms with Gasteiger partial charge in [-0.25, -0.2) is 0 Å². The molecule has 0 aliphatic carbocycles. The molecule has 20 heavy (non-hydrogen) atoms. The fourth-order valence-electron chi connectivity index (χ4n) is 1.55. The Labute approximate surface area is 133 Å². The molecule has 106 valence electrons. The van der Waals surface area contributed by atoms with E-state index in [0.717, 1.165) is 29.5 Å². The van der Waals surface area contributed by atoms with Crippen LogP contribution in [0, 0.1) is 0 Å². The molecule has 0 aliphatic heterocycles. The van der Waals surface area contributed by atoms with E-state index < -0.39 is 0 Å². The number of thiocarbonyl (C=S) groups is 1. The molecule has 2 aromatic rings. The van der Waals surface area contributed by atoms with Crippen molar-refractivity contribution < 1.29 is 4.42 Å². The van der Waals surface area contributed by atoms with Gasteiger partial charge in [-0.15, -0.1) is 0 Å². The highest BCUT2D eigenvalue weighted by atomic mass is 35.5. The molecule has 2 rings (SSSR count). The number of halogens is 1. The minimum absolute atomic E-state index is 0.603. The van der Waals surface area contributed by atoms with Crippen molar-refractivity contribution in [3.8, 4) is 0 Å². The Morgan fingerprint density at radius 3 is 2.95 bits per heavy atom. The van der Waals surface area contributed by atoms with Crippen LogP contribution in [0.2, 0.25) is 5.02 Å². The maximum Gasteiger partial charge on any atom is 0.170 e. The van der Waals surface area contributed by atoms with Crippen LogP contribution in [0.3, 0.4) is 0 Å². The molecule has 2 N–H and O–H groups in total. The third kappa shape index (κ3) is 5.45. The summed E-state index contributed by atoms with van der Waals surface area (Å²) in [6, 6.07) is 11.3. The van der Waals surface area contributed by atoms with Crippen molar-refractivity contribution in [3.05, 3.63) is 53.4 Å². The molecular formula is C14H15ClN2OS2. The van der Waals surface area contributed by atoms with Crippen molar-refractivity contribution in [2.45, 2.75) is 5.75 Å². The van der Waals surface area contributed by atoms with E-state index in [1.54, 1.807) is 18.0 Å². The first kappa shape index (κ1) is 15.2. The van der Waals surface area contributed by atoms with Gasteiger partial charge in [-0.1, -0.05) is 17.7 Å². The van der Waals surface area contributed by atoms with Crippen LogP contribution in [0.1, 0.15) is 5.76 Å². The van der Waals surface area contributed by atoms with Crippen molar-refractivity contribution >= 4 is 46.4 Å². The third-order valence-corrected chi connectivity index (χ3v) is 3.90. The predicted octanol–water partition coefficient (Wildman–Crippen LogP) is 4.15. The van der Waals surface area contributed by atoms with E-state index in [-0.39, 0.29) is 0 Å². The molecule has 1 aromatic carbocycles. The van der Waals surface area contributed by atoms with Gasteiger partial charge < -0.3 is 15.1 Å². The molecule has 0 unspecified atom stereocenters. The maximum absolute atomic E-state index is 5.91. The number of anilines is 1. The van der Waals surface area contributed by atoms with Gasteiger partial charge in [0, 0.05) is 23.0 Å². The van der Waals surface area contributed by atoms with E-state index in [2.05, 4.69) is 10.6 Å². The van der Waals surface area contributed by atoms with Crippen LogP contribution >= 0.6 is 35.6 Å². The molecule has 3 nitrogen and oxygen atoms in total. The van der Waals surface area contributed by atoms with Gasteiger partial charge in [-0.2, -0.15) is 11.8 Å². The summed E-state index contributed by atoms with van der Waals surface area (Å²) in [7, 11) is 0. The van der Waals surface area contributed by atoms with Gasteiger partial charge in [0.25, 0.3) is 0 Å². The van der Waals surface area contributed by atoms with E-state index in [9.17, 15) is 0 Å². The molecule has 1 aromatic heterocycles. The van der Waals surface area contributed by atoms with Crippen LogP contribution < -0.4 is 10.6 Å². The van der Waals surface area contributed by atoms with E-state index in [0.29, 0.717) is 10.1 Å². The highest BCUT2D eigenvalue weighted by Gasteiger charge is 1.99. The van der Waals surface area contributed by atoms with Crippen LogP contribution in [0.25, 0.3) is 0 Å². The Morgan fingerprint density at radius 2 is 2.20 bits per heavy atom. The average molecular weight is 327 g/mol. The van der Waals surface area contributed by atoms with E-state index >= 15 is 0 Å². The monoisotopic (exact) mass is 326 g/mol. The Kier molecular flexibility index (Phi) is 6.24. The Balaban J connectivity index is 1.60. The molecule has 0 amide bonds. The lowest BCUT2D eigenvalue weighted by Crippen LogP contribution is -2.30. The van der Waals surface area contributed by atoms with Gasteiger partial charge >= 0.3 is 0 Å². The number of furan rings is 1. The second-order valence-electron chi connectivity index (χ2n) is 4.02. The largest absolute Gasteiger partial charge is 0.468 e. The quantitative estimate of drug-likeness (QED) is 0.616. The zero-order valence-corrected chi connectivity index (χ0v) is 13.2. The van der Waals surface area contributed by atoms with Crippen LogP contribution in [0.4, 0.5) is 5.69 Å². The van der Waals surface area contributed by atoms with E-state index in [1.807, 2.05) is 36.4 Å². The average Bonchev–Trinajstić information content (AvgIpc) is 2.91. The Bertz CT molecular complexity index is 546. The number of hydrogen-bond acceptors (Lipinski definition) is 3. The van der Waals surface area contributed by atoms with Gasteiger partial charge in [-0.3, -0.25) is 0 Å². The van der Waals surface area contributed by atoms with Crippen LogP contribution in [0.5, 0.6) is 0 Å². The van der Waals surface area contributed by atoms with Gasteiger partial charge in [0.1, 0.15) is 5.76 Å². The summed E-state index contributed by atoms with van der Waals surface area (Å²) < 4.78 is 5.26. The molecule has 0 aliphatic rings. The summed E-state index contributed by atoms with van der Waals surface area (Å²) in [4.78, 5) is 0. The molecule has 0 saturated heterocycles. The van der Waals surface area contributed by atoms with Crippen LogP contribution in [0.15, 0.2) is 47.1 Å². The lowest BCUT2D eigenvalue weighted by molar-refractivity contribution is 0.530. The maximum atomic E-state index is 5.91. The van der Waals surface area contributed by atoms with Gasteiger partial charge in [-0.05, 0) is 42.5 Å². The van der Waals surface area contributed by atoms with Crippen molar-refractivity contribution in [1.82, 2.24) is 5.32 Å². The van der Waals surface area contributed by atoms with Crippen molar-refractivity contribution in [2.24, 2.45) is 0 Å². The van der Waals surface area contributed by atoms with Gasteiger partial charge in [0.15, 0.2) is 5.11 Å². The first-order chi connectivity index (χ1) is 9.74. The number of nitrogens with one attached hydrogen (secondary N) is 2. The Morgan fingerprint density at radius 1 is 1.30 bits per heavy atom. The van der Waals surface area contributed by atoms with Crippen molar-refractivity contribution in [3.63, 3.8) is 0 Å². The third-order valence-electron chi connectivity index (χ3n) is 2.44. The summed E-state index contributed by atoms with van der Waals surface area (Å²) in [5.74, 6) is 2.83. The van der Waals surface area contributed by atoms with E-state index in [4.69, 9.17) is 28.2 Å². The van der Waals surface area contributed by atoms with Crippen molar-refractivity contribution in [1.29, 1.82) is 0 Å².